The number of carbonyl (C=O) groups is 1. The Labute approximate surface area is 172 Å². The number of hydrogen-bond acceptors (Lipinski definition) is 5. The molecule has 1 N–H and O–H groups in total. The van der Waals surface area contributed by atoms with Gasteiger partial charge in [0.05, 0.1) is 27.4 Å². The van der Waals surface area contributed by atoms with Crippen LogP contribution in [0.25, 0.3) is 0 Å². The molecule has 3 rings (SSSR count). The van der Waals surface area contributed by atoms with Gasteiger partial charge in [-0.3, -0.25) is 19.6 Å². The number of aromatic nitrogens is 2. The summed E-state index contributed by atoms with van der Waals surface area (Å²) in [6.07, 6.45) is 1.78. The number of nitro benzene ring substituents is 1. The van der Waals surface area contributed by atoms with Gasteiger partial charge >= 0.3 is 0 Å². The molecule has 8 nitrogen and oxygen atoms in total. The van der Waals surface area contributed by atoms with Gasteiger partial charge in [0.2, 0.25) is 5.91 Å². The molecule has 0 fully saturated rings. The summed E-state index contributed by atoms with van der Waals surface area (Å²) in [5.74, 6) is 0.533. The molecule has 0 bridgehead atoms. The molecule has 29 heavy (non-hydrogen) atoms. The van der Waals surface area contributed by atoms with E-state index in [2.05, 4.69) is 10.4 Å². The van der Waals surface area contributed by atoms with Crippen molar-refractivity contribution in [1.82, 2.24) is 9.78 Å². The summed E-state index contributed by atoms with van der Waals surface area (Å²) in [7, 11) is 0. The first-order valence-corrected chi connectivity index (χ1v) is 9.22. The molecule has 0 aliphatic heterocycles. The van der Waals surface area contributed by atoms with Crippen LogP contribution in [0, 0.1) is 24.0 Å². The Kier molecular flexibility index (Phi) is 6.13. The van der Waals surface area contributed by atoms with Gasteiger partial charge in [0, 0.05) is 31.3 Å². The van der Waals surface area contributed by atoms with E-state index < -0.39 is 4.92 Å². The highest BCUT2D eigenvalue weighted by molar-refractivity contribution is 6.31. The molecule has 0 radical (unpaired) electrons. The lowest BCUT2D eigenvalue weighted by Crippen LogP contribution is -2.15. The van der Waals surface area contributed by atoms with E-state index in [1.807, 2.05) is 25.1 Å². The van der Waals surface area contributed by atoms with E-state index in [-0.39, 0.29) is 29.5 Å². The van der Waals surface area contributed by atoms with Crippen LogP contribution in [0.15, 0.2) is 48.7 Å². The van der Waals surface area contributed by atoms with E-state index in [1.165, 1.54) is 12.1 Å². The summed E-state index contributed by atoms with van der Waals surface area (Å²) in [4.78, 5) is 23.0. The largest absolute Gasteiger partial charge is 0.457 e. The number of halogens is 1. The zero-order valence-corrected chi connectivity index (χ0v) is 16.6. The average Bonchev–Trinajstić information content (AvgIpc) is 2.99. The molecule has 2 aromatic carbocycles. The predicted molar refractivity (Wildman–Crippen MR) is 110 cm³/mol. The fourth-order valence-corrected chi connectivity index (χ4v) is 2.82. The van der Waals surface area contributed by atoms with Gasteiger partial charge in [-0.2, -0.15) is 5.10 Å². The third-order valence-electron chi connectivity index (χ3n) is 4.16. The molecule has 1 aromatic heterocycles. The van der Waals surface area contributed by atoms with Crippen molar-refractivity contribution in [2.45, 2.75) is 26.8 Å². The summed E-state index contributed by atoms with van der Waals surface area (Å²) in [5, 5.41) is 18.7. The number of nitrogens with one attached hydrogen (secondary N) is 1. The van der Waals surface area contributed by atoms with Crippen LogP contribution in [-0.4, -0.2) is 20.6 Å². The summed E-state index contributed by atoms with van der Waals surface area (Å²) in [6, 6.07) is 11.5. The number of hydrogen-bond donors (Lipinski definition) is 1. The van der Waals surface area contributed by atoms with Gasteiger partial charge in [-0.1, -0.05) is 29.8 Å². The van der Waals surface area contributed by atoms with E-state index in [0.717, 1.165) is 5.56 Å². The molecule has 0 spiro atoms. The highest BCUT2D eigenvalue weighted by Crippen LogP contribution is 2.31. The highest BCUT2D eigenvalue weighted by atomic mass is 35.5. The van der Waals surface area contributed by atoms with Gasteiger partial charge in [-0.25, -0.2) is 0 Å². The topological polar surface area (TPSA) is 99.3 Å². The number of amides is 1. The summed E-state index contributed by atoms with van der Waals surface area (Å²) >= 11 is 5.95. The molecule has 3 aromatic rings. The molecule has 0 aliphatic rings. The number of ether oxygens (including phenoxy) is 1. The second-order valence-corrected chi connectivity index (χ2v) is 6.87. The SMILES string of the molecule is Cc1ccccc1Oc1cc(NC(=O)CCn2cc(Cl)c(C)n2)cc([N+](=O)[O-])c1. The normalized spacial score (nSPS) is 10.6. The standard InChI is InChI=1S/C20H19ClN4O4/c1-13-5-3-4-6-19(13)29-17-10-15(9-16(11-17)25(27)28)22-20(26)7-8-24-12-18(21)14(2)23-24/h3-6,9-12H,7-8H2,1-2H3,(H,22,26). The van der Waals surface area contributed by atoms with Gasteiger partial charge in [0.25, 0.3) is 5.69 Å². The molecule has 0 saturated heterocycles. The number of rotatable bonds is 7. The molecule has 0 saturated carbocycles. The monoisotopic (exact) mass is 414 g/mol. The lowest BCUT2D eigenvalue weighted by atomic mass is 10.2. The number of aryl methyl sites for hydroxylation is 3. The minimum absolute atomic E-state index is 0.133. The number of non-ortho nitro benzene ring substituents is 1. The molecule has 0 aliphatic carbocycles. The van der Waals surface area contributed by atoms with Crippen molar-refractivity contribution in [3.8, 4) is 11.5 Å². The first-order valence-electron chi connectivity index (χ1n) is 8.84. The first kappa shape index (κ1) is 20.3. The summed E-state index contributed by atoms with van der Waals surface area (Å²) in [6.45, 7) is 3.98. The van der Waals surface area contributed by atoms with Gasteiger partial charge < -0.3 is 10.1 Å². The minimum Gasteiger partial charge on any atom is -0.457 e. The molecule has 0 atom stereocenters. The Hall–Kier alpha value is -3.39. The van der Waals surface area contributed by atoms with Crippen LogP contribution in [0.3, 0.4) is 0 Å². The van der Waals surface area contributed by atoms with Crippen LogP contribution in [0.5, 0.6) is 11.5 Å². The van der Waals surface area contributed by atoms with Gasteiger partial charge in [-0.05, 0) is 25.5 Å². The second kappa shape index (κ2) is 8.74. The fraction of sp³-hybridized carbons (Fsp3) is 0.200. The molecular formula is C20H19ClN4O4. The summed E-state index contributed by atoms with van der Waals surface area (Å²) in [5.41, 5.74) is 1.67. The Morgan fingerprint density at radius 1 is 1.28 bits per heavy atom. The minimum atomic E-state index is -0.533. The van der Waals surface area contributed by atoms with Crippen molar-refractivity contribution in [2.75, 3.05) is 5.32 Å². The number of nitrogens with zero attached hydrogens (tertiary/aromatic N) is 3. The maximum absolute atomic E-state index is 12.3. The Balaban J connectivity index is 1.73. The number of nitro groups is 1. The fourth-order valence-electron chi connectivity index (χ4n) is 2.67. The number of anilines is 1. The summed E-state index contributed by atoms with van der Waals surface area (Å²) < 4.78 is 7.36. The van der Waals surface area contributed by atoms with E-state index >= 15 is 0 Å². The molecular weight excluding hydrogens is 396 g/mol. The van der Waals surface area contributed by atoms with Gasteiger partial charge in [-0.15, -0.1) is 0 Å². The van der Waals surface area contributed by atoms with Crippen molar-refractivity contribution in [3.63, 3.8) is 0 Å². The number of benzene rings is 2. The third-order valence-corrected chi connectivity index (χ3v) is 4.53. The zero-order valence-electron chi connectivity index (χ0n) is 15.9. The van der Waals surface area contributed by atoms with Gasteiger partial charge in [0.1, 0.15) is 11.5 Å². The van der Waals surface area contributed by atoms with E-state index in [4.69, 9.17) is 16.3 Å². The van der Waals surface area contributed by atoms with Crippen LogP contribution in [0.2, 0.25) is 5.02 Å². The van der Waals surface area contributed by atoms with Gasteiger partial charge in [0.15, 0.2) is 0 Å². The number of para-hydroxylation sites is 1. The molecule has 0 unspecified atom stereocenters. The molecule has 1 amide bonds. The number of carbonyl (C=O) groups excluding carboxylic acids is 1. The zero-order chi connectivity index (χ0) is 21.0. The lowest BCUT2D eigenvalue weighted by Gasteiger charge is -2.11. The highest BCUT2D eigenvalue weighted by Gasteiger charge is 2.14. The van der Waals surface area contributed by atoms with Crippen LogP contribution >= 0.6 is 11.6 Å². The first-order chi connectivity index (χ1) is 13.8. The second-order valence-electron chi connectivity index (χ2n) is 6.46. The maximum atomic E-state index is 12.3. The Morgan fingerprint density at radius 2 is 2.03 bits per heavy atom. The lowest BCUT2D eigenvalue weighted by molar-refractivity contribution is -0.384. The smallest absolute Gasteiger partial charge is 0.275 e. The van der Waals surface area contributed by atoms with Crippen LogP contribution in [-0.2, 0) is 11.3 Å². The van der Waals surface area contributed by atoms with Crippen molar-refractivity contribution >= 4 is 28.9 Å². The van der Waals surface area contributed by atoms with E-state index in [0.29, 0.717) is 23.0 Å². The molecule has 9 heteroatoms. The van der Waals surface area contributed by atoms with Crippen LogP contribution in [0.4, 0.5) is 11.4 Å². The average molecular weight is 415 g/mol. The van der Waals surface area contributed by atoms with Crippen LogP contribution in [0.1, 0.15) is 17.7 Å². The van der Waals surface area contributed by atoms with Crippen molar-refractivity contribution in [3.05, 3.63) is 75.1 Å². The van der Waals surface area contributed by atoms with E-state index in [1.54, 1.807) is 29.9 Å². The Bertz CT molecular complexity index is 1040. The third kappa shape index (κ3) is 5.32. The van der Waals surface area contributed by atoms with E-state index in [9.17, 15) is 14.9 Å². The maximum Gasteiger partial charge on any atom is 0.275 e. The predicted octanol–water partition coefficient (Wildman–Crippen LogP) is 4.88. The quantitative estimate of drug-likeness (QED) is 0.438. The Morgan fingerprint density at radius 3 is 2.69 bits per heavy atom. The molecule has 1 heterocycles. The van der Waals surface area contributed by atoms with Crippen molar-refractivity contribution < 1.29 is 14.5 Å². The molecule has 150 valence electrons. The van der Waals surface area contributed by atoms with Crippen LogP contribution < -0.4 is 10.1 Å². The van der Waals surface area contributed by atoms with Crippen molar-refractivity contribution in [1.29, 1.82) is 0 Å². The van der Waals surface area contributed by atoms with Crippen molar-refractivity contribution in [2.24, 2.45) is 0 Å².